The number of hydrogen-bond donors (Lipinski definition) is 0. The van der Waals surface area contributed by atoms with Gasteiger partial charge < -0.3 is 4.74 Å². The van der Waals surface area contributed by atoms with Gasteiger partial charge in [0.05, 0.1) is 6.61 Å². The second-order valence-electron chi connectivity index (χ2n) is 7.30. The molecule has 0 rings (SSSR count). The van der Waals surface area contributed by atoms with Crippen molar-refractivity contribution >= 4 is 5.97 Å². The number of carbonyl (C=O) groups excluding carboxylic acids is 1. The standard InChI is InChI=1S/C21H42O2/c1-5-8-9-10-11-12-13-15-21(22)23-18-20(14-6-2)17-16-19(4)7-3/h19-20H,5-18H2,1-4H3. The first-order valence-corrected chi connectivity index (χ1v) is 10.3. The Hall–Kier alpha value is -0.530. The molecule has 0 saturated carbocycles. The molecule has 0 amide bonds. The van der Waals surface area contributed by atoms with Gasteiger partial charge in [0.15, 0.2) is 0 Å². The average Bonchev–Trinajstić information content (AvgIpc) is 2.56. The normalized spacial score (nSPS) is 13.7. The van der Waals surface area contributed by atoms with Gasteiger partial charge in [-0.3, -0.25) is 4.79 Å². The van der Waals surface area contributed by atoms with Gasteiger partial charge in [0.1, 0.15) is 0 Å². The fraction of sp³-hybridized carbons (Fsp3) is 0.952. The molecule has 0 bridgehead atoms. The highest BCUT2D eigenvalue weighted by Gasteiger charge is 2.12. The van der Waals surface area contributed by atoms with E-state index in [2.05, 4.69) is 27.7 Å². The van der Waals surface area contributed by atoms with Crippen molar-refractivity contribution in [2.24, 2.45) is 11.8 Å². The van der Waals surface area contributed by atoms with Gasteiger partial charge in [0.2, 0.25) is 0 Å². The number of hydrogen-bond acceptors (Lipinski definition) is 2. The maximum absolute atomic E-state index is 11.9. The SMILES string of the molecule is CCCCCCCCCC(=O)OCC(CCC)CCC(C)CC. The van der Waals surface area contributed by atoms with Crippen molar-refractivity contribution in [1.29, 1.82) is 0 Å². The summed E-state index contributed by atoms with van der Waals surface area (Å²) in [5.41, 5.74) is 0. The summed E-state index contributed by atoms with van der Waals surface area (Å²) in [6.07, 6.45) is 15.4. The fourth-order valence-electron chi connectivity index (χ4n) is 2.95. The maximum atomic E-state index is 11.9. The first-order valence-electron chi connectivity index (χ1n) is 10.3. The maximum Gasteiger partial charge on any atom is 0.305 e. The van der Waals surface area contributed by atoms with Crippen molar-refractivity contribution in [3.05, 3.63) is 0 Å². The quantitative estimate of drug-likeness (QED) is 0.227. The molecule has 0 N–H and O–H groups in total. The van der Waals surface area contributed by atoms with Gasteiger partial charge >= 0.3 is 5.97 Å². The van der Waals surface area contributed by atoms with Crippen molar-refractivity contribution in [3.8, 4) is 0 Å². The fourth-order valence-corrected chi connectivity index (χ4v) is 2.95. The van der Waals surface area contributed by atoms with Crippen LogP contribution in [0, 0.1) is 11.8 Å². The molecule has 0 aliphatic rings. The van der Waals surface area contributed by atoms with Gasteiger partial charge in [-0.1, -0.05) is 85.5 Å². The van der Waals surface area contributed by atoms with Crippen LogP contribution in [-0.4, -0.2) is 12.6 Å². The number of esters is 1. The Morgan fingerprint density at radius 2 is 1.48 bits per heavy atom. The van der Waals surface area contributed by atoms with E-state index in [-0.39, 0.29) is 5.97 Å². The van der Waals surface area contributed by atoms with Crippen LogP contribution in [0.5, 0.6) is 0 Å². The lowest BCUT2D eigenvalue weighted by molar-refractivity contribution is -0.145. The molecule has 23 heavy (non-hydrogen) atoms. The van der Waals surface area contributed by atoms with Gasteiger partial charge in [-0.2, -0.15) is 0 Å². The minimum Gasteiger partial charge on any atom is -0.465 e. The molecule has 0 heterocycles. The van der Waals surface area contributed by atoms with Gasteiger partial charge in [-0.05, 0) is 31.1 Å². The summed E-state index contributed by atoms with van der Waals surface area (Å²) in [6, 6.07) is 0. The van der Waals surface area contributed by atoms with Crippen LogP contribution in [0.4, 0.5) is 0 Å². The Bertz CT molecular complexity index is 263. The minimum atomic E-state index is 0.0169. The zero-order chi connectivity index (χ0) is 17.3. The van der Waals surface area contributed by atoms with Crippen molar-refractivity contribution < 1.29 is 9.53 Å². The third-order valence-electron chi connectivity index (χ3n) is 4.93. The van der Waals surface area contributed by atoms with E-state index in [9.17, 15) is 4.79 Å². The van der Waals surface area contributed by atoms with Gasteiger partial charge in [0, 0.05) is 6.42 Å². The molecule has 0 aliphatic carbocycles. The zero-order valence-corrected chi connectivity index (χ0v) is 16.4. The highest BCUT2D eigenvalue weighted by Crippen LogP contribution is 2.19. The zero-order valence-electron chi connectivity index (χ0n) is 16.4. The predicted octanol–water partition coefficient (Wildman–Crippen LogP) is 6.91. The third-order valence-corrected chi connectivity index (χ3v) is 4.93. The van der Waals surface area contributed by atoms with E-state index in [1.807, 2.05) is 0 Å². The Morgan fingerprint density at radius 1 is 0.826 bits per heavy atom. The molecule has 0 spiro atoms. The van der Waals surface area contributed by atoms with E-state index in [1.54, 1.807) is 0 Å². The molecule has 0 saturated heterocycles. The monoisotopic (exact) mass is 326 g/mol. The minimum absolute atomic E-state index is 0.0169. The smallest absolute Gasteiger partial charge is 0.305 e. The molecule has 2 heteroatoms. The first-order chi connectivity index (χ1) is 11.1. The summed E-state index contributed by atoms with van der Waals surface area (Å²) < 4.78 is 5.53. The third kappa shape index (κ3) is 14.8. The van der Waals surface area contributed by atoms with Crippen LogP contribution in [0.3, 0.4) is 0 Å². The molecule has 2 unspecified atom stereocenters. The Morgan fingerprint density at radius 3 is 2.09 bits per heavy atom. The van der Waals surface area contributed by atoms with E-state index >= 15 is 0 Å². The summed E-state index contributed by atoms with van der Waals surface area (Å²) in [4.78, 5) is 11.9. The lowest BCUT2D eigenvalue weighted by Crippen LogP contribution is -2.15. The van der Waals surface area contributed by atoms with Crippen molar-refractivity contribution in [3.63, 3.8) is 0 Å². The van der Waals surface area contributed by atoms with Crippen LogP contribution < -0.4 is 0 Å². The summed E-state index contributed by atoms with van der Waals surface area (Å²) in [6.45, 7) is 9.66. The molecule has 0 aromatic rings. The van der Waals surface area contributed by atoms with E-state index < -0.39 is 0 Å². The molecule has 0 radical (unpaired) electrons. The van der Waals surface area contributed by atoms with Crippen LogP contribution in [0.2, 0.25) is 0 Å². The first kappa shape index (κ1) is 22.5. The number of carbonyl (C=O) groups is 1. The van der Waals surface area contributed by atoms with E-state index in [1.165, 1.54) is 70.6 Å². The highest BCUT2D eigenvalue weighted by atomic mass is 16.5. The average molecular weight is 327 g/mol. The number of unbranched alkanes of at least 4 members (excludes halogenated alkanes) is 6. The summed E-state index contributed by atoms with van der Waals surface area (Å²) in [7, 11) is 0. The Kier molecular flexibility index (Phi) is 16.0. The molecule has 0 aromatic carbocycles. The second-order valence-corrected chi connectivity index (χ2v) is 7.30. The molecule has 2 atom stereocenters. The Balaban J connectivity index is 3.69. The van der Waals surface area contributed by atoms with Gasteiger partial charge in [0.25, 0.3) is 0 Å². The topological polar surface area (TPSA) is 26.3 Å². The van der Waals surface area contributed by atoms with Crippen LogP contribution >= 0.6 is 0 Å². The van der Waals surface area contributed by atoms with E-state index in [4.69, 9.17) is 4.74 Å². The molecular weight excluding hydrogens is 284 g/mol. The van der Waals surface area contributed by atoms with E-state index in [0.29, 0.717) is 18.9 Å². The molecule has 0 fully saturated rings. The summed E-state index contributed by atoms with van der Waals surface area (Å²) in [5, 5.41) is 0. The number of rotatable bonds is 16. The largest absolute Gasteiger partial charge is 0.465 e. The van der Waals surface area contributed by atoms with Crippen molar-refractivity contribution in [1.82, 2.24) is 0 Å². The van der Waals surface area contributed by atoms with Crippen molar-refractivity contribution in [2.45, 2.75) is 111 Å². The van der Waals surface area contributed by atoms with Crippen molar-refractivity contribution in [2.75, 3.05) is 6.61 Å². The molecule has 138 valence electrons. The molecule has 0 aromatic heterocycles. The summed E-state index contributed by atoms with van der Waals surface area (Å²) in [5.74, 6) is 1.37. The van der Waals surface area contributed by atoms with Crippen LogP contribution in [0.15, 0.2) is 0 Å². The molecule has 2 nitrogen and oxygen atoms in total. The Labute approximate surface area is 145 Å². The van der Waals surface area contributed by atoms with Crippen LogP contribution in [0.25, 0.3) is 0 Å². The second kappa shape index (κ2) is 16.3. The van der Waals surface area contributed by atoms with E-state index in [0.717, 1.165) is 12.3 Å². The van der Waals surface area contributed by atoms with Gasteiger partial charge in [-0.25, -0.2) is 0 Å². The summed E-state index contributed by atoms with van der Waals surface area (Å²) >= 11 is 0. The lowest BCUT2D eigenvalue weighted by Gasteiger charge is -2.18. The highest BCUT2D eigenvalue weighted by molar-refractivity contribution is 5.69. The van der Waals surface area contributed by atoms with Crippen LogP contribution in [0.1, 0.15) is 111 Å². The number of ether oxygens (including phenoxy) is 1. The molecule has 0 aliphatic heterocycles. The van der Waals surface area contributed by atoms with Gasteiger partial charge in [-0.15, -0.1) is 0 Å². The van der Waals surface area contributed by atoms with Crippen LogP contribution in [-0.2, 0) is 9.53 Å². The lowest BCUT2D eigenvalue weighted by atomic mass is 9.93. The molecular formula is C21H42O2. The predicted molar refractivity (Wildman–Crippen MR) is 101 cm³/mol.